The molecule has 2 N–H and O–H groups in total. The van der Waals surface area contributed by atoms with E-state index in [1.165, 1.54) is 11.1 Å². The maximum absolute atomic E-state index is 6.20. The number of benzene rings is 1. The summed E-state index contributed by atoms with van der Waals surface area (Å²) in [5.41, 5.74) is 11.8. The Hall–Kier alpha value is -2.20. The second-order valence-corrected chi connectivity index (χ2v) is 5.85. The van der Waals surface area contributed by atoms with E-state index in [0.717, 1.165) is 35.5 Å². The Bertz CT molecular complexity index is 790. The molecule has 22 heavy (non-hydrogen) atoms. The van der Waals surface area contributed by atoms with Crippen molar-refractivity contribution in [3.8, 4) is 11.5 Å². The fourth-order valence-electron chi connectivity index (χ4n) is 2.62. The predicted octanol–water partition coefficient (Wildman–Crippen LogP) is 3.45. The van der Waals surface area contributed by atoms with Crippen LogP contribution in [0.25, 0.3) is 22.6 Å². The van der Waals surface area contributed by atoms with Crippen molar-refractivity contribution in [1.82, 2.24) is 14.5 Å². The van der Waals surface area contributed by atoms with Crippen LogP contribution in [0.5, 0.6) is 0 Å². The van der Waals surface area contributed by atoms with E-state index in [2.05, 4.69) is 42.5 Å². The monoisotopic (exact) mass is 294 g/mol. The van der Waals surface area contributed by atoms with Crippen LogP contribution in [0.4, 0.5) is 0 Å². The molecule has 3 aromatic rings. The van der Waals surface area contributed by atoms with Gasteiger partial charge in [0.25, 0.3) is 0 Å². The zero-order chi connectivity index (χ0) is 15.7. The van der Waals surface area contributed by atoms with Gasteiger partial charge in [0.2, 0.25) is 0 Å². The van der Waals surface area contributed by atoms with Crippen molar-refractivity contribution in [2.45, 2.75) is 39.8 Å². The van der Waals surface area contributed by atoms with Crippen LogP contribution in [0.3, 0.4) is 0 Å². The lowest BCUT2D eigenvalue weighted by Gasteiger charge is -2.14. The number of hydrogen-bond donors (Lipinski definition) is 1. The van der Waals surface area contributed by atoms with E-state index in [9.17, 15) is 0 Å². The summed E-state index contributed by atoms with van der Waals surface area (Å²) in [4.78, 5) is 9.28. The second kappa shape index (κ2) is 5.89. The van der Waals surface area contributed by atoms with E-state index in [4.69, 9.17) is 10.7 Å². The zero-order valence-corrected chi connectivity index (χ0v) is 13.4. The van der Waals surface area contributed by atoms with Crippen LogP contribution in [-0.4, -0.2) is 20.6 Å². The second-order valence-electron chi connectivity index (χ2n) is 5.85. The van der Waals surface area contributed by atoms with Crippen LogP contribution in [0.15, 0.2) is 36.5 Å². The van der Waals surface area contributed by atoms with E-state index in [-0.39, 0.29) is 6.04 Å². The number of fused-ring (bicyclic) bond motifs is 1. The molecule has 0 spiro atoms. The SMILES string of the molecule is CCC(N)Cn1c(-c2ccccn2)nc2cc(C)c(C)cc21. The van der Waals surface area contributed by atoms with Crippen LogP contribution >= 0.6 is 0 Å². The zero-order valence-electron chi connectivity index (χ0n) is 13.4. The van der Waals surface area contributed by atoms with Gasteiger partial charge in [-0.25, -0.2) is 4.98 Å². The summed E-state index contributed by atoms with van der Waals surface area (Å²) in [5, 5.41) is 0. The number of rotatable bonds is 4. The lowest BCUT2D eigenvalue weighted by Crippen LogP contribution is -2.25. The fraction of sp³-hybridized carbons (Fsp3) is 0.333. The van der Waals surface area contributed by atoms with Gasteiger partial charge < -0.3 is 10.3 Å². The van der Waals surface area contributed by atoms with E-state index in [1.54, 1.807) is 6.20 Å². The Morgan fingerprint density at radius 2 is 1.95 bits per heavy atom. The average Bonchev–Trinajstić information content (AvgIpc) is 2.86. The third kappa shape index (κ3) is 2.62. The summed E-state index contributed by atoms with van der Waals surface area (Å²) in [6.45, 7) is 7.11. The molecule has 1 unspecified atom stereocenters. The molecule has 0 fully saturated rings. The van der Waals surface area contributed by atoms with Crippen molar-refractivity contribution in [2.24, 2.45) is 5.73 Å². The molecule has 4 nitrogen and oxygen atoms in total. The van der Waals surface area contributed by atoms with Crippen molar-refractivity contribution in [3.63, 3.8) is 0 Å². The number of imidazole rings is 1. The molecule has 0 saturated carbocycles. The largest absolute Gasteiger partial charge is 0.326 e. The van der Waals surface area contributed by atoms with Gasteiger partial charge in [0, 0.05) is 18.8 Å². The minimum atomic E-state index is 0.112. The van der Waals surface area contributed by atoms with Crippen LogP contribution in [-0.2, 0) is 6.54 Å². The molecule has 2 aromatic heterocycles. The van der Waals surface area contributed by atoms with Crippen molar-refractivity contribution in [1.29, 1.82) is 0 Å². The van der Waals surface area contributed by atoms with Gasteiger partial charge in [0.05, 0.1) is 11.0 Å². The molecule has 0 saturated heterocycles. The Morgan fingerprint density at radius 3 is 2.64 bits per heavy atom. The summed E-state index contributed by atoms with van der Waals surface area (Å²) in [5.74, 6) is 0.893. The summed E-state index contributed by atoms with van der Waals surface area (Å²) in [6.07, 6.45) is 2.74. The maximum Gasteiger partial charge on any atom is 0.159 e. The van der Waals surface area contributed by atoms with Gasteiger partial charge in [0.1, 0.15) is 5.69 Å². The van der Waals surface area contributed by atoms with Gasteiger partial charge in [-0.3, -0.25) is 4.98 Å². The van der Waals surface area contributed by atoms with E-state index in [0.29, 0.717) is 0 Å². The molecule has 0 amide bonds. The lowest BCUT2D eigenvalue weighted by molar-refractivity contribution is 0.551. The third-order valence-electron chi connectivity index (χ3n) is 4.20. The first-order chi connectivity index (χ1) is 10.6. The highest BCUT2D eigenvalue weighted by Crippen LogP contribution is 2.26. The van der Waals surface area contributed by atoms with Crippen molar-refractivity contribution in [2.75, 3.05) is 0 Å². The summed E-state index contributed by atoms with van der Waals surface area (Å²) in [6, 6.07) is 10.4. The van der Waals surface area contributed by atoms with Gasteiger partial charge in [-0.2, -0.15) is 0 Å². The quantitative estimate of drug-likeness (QED) is 0.801. The Labute approximate surface area is 131 Å². The van der Waals surface area contributed by atoms with E-state index < -0.39 is 0 Å². The summed E-state index contributed by atoms with van der Waals surface area (Å²) < 4.78 is 2.21. The van der Waals surface area contributed by atoms with Crippen molar-refractivity contribution >= 4 is 11.0 Å². The van der Waals surface area contributed by atoms with Gasteiger partial charge in [-0.1, -0.05) is 13.0 Å². The number of aryl methyl sites for hydroxylation is 2. The van der Waals surface area contributed by atoms with E-state index >= 15 is 0 Å². The first-order valence-corrected chi connectivity index (χ1v) is 7.74. The minimum Gasteiger partial charge on any atom is -0.326 e. The lowest BCUT2D eigenvalue weighted by atomic mass is 10.1. The average molecular weight is 294 g/mol. The highest BCUT2D eigenvalue weighted by molar-refractivity contribution is 5.81. The Morgan fingerprint density at radius 1 is 1.18 bits per heavy atom. The molecule has 0 aliphatic carbocycles. The minimum absolute atomic E-state index is 0.112. The topological polar surface area (TPSA) is 56.7 Å². The molecule has 2 heterocycles. The molecule has 1 aromatic carbocycles. The molecule has 3 rings (SSSR count). The molecule has 0 bridgehead atoms. The maximum atomic E-state index is 6.20. The number of hydrogen-bond acceptors (Lipinski definition) is 3. The fourth-order valence-corrected chi connectivity index (χ4v) is 2.62. The Kier molecular flexibility index (Phi) is 3.94. The Balaban J connectivity index is 2.23. The molecule has 114 valence electrons. The highest BCUT2D eigenvalue weighted by atomic mass is 15.1. The first-order valence-electron chi connectivity index (χ1n) is 7.74. The van der Waals surface area contributed by atoms with Gasteiger partial charge in [-0.15, -0.1) is 0 Å². The summed E-state index contributed by atoms with van der Waals surface area (Å²) >= 11 is 0. The highest BCUT2D eigenvalue weighted by Gasteiger charge is 2.16. The van der Waals surface area contributed by atoms with Crippen LogP contribution in [0.1, 0.15) is 24.5 Å². The van der Waals surface area contributed by atoms with Crippen molar-refractivity contribution in [3.05, 3.63) is 47.7 Å². The number of aromatic nitrogens is 3. The molecule has 4 heteroatoms. The summed E-state index contributed by atoms with van der Waals surface area (Å²) in [7, 11) is 0. The number of nitrogens with two attached hydrogens (primary N) is 1. The molecule has 0 aliphatic rings. The normalized spacial score (nSPS) is 12.7. The van der Waals surface area contributed by atoms with Crippen molar-refractivity contribution < 1.29 is 0 Å². The number of nitrogens with zero attached hydrogens (tertiary/aromatic N) is 3. The van der Waals surface area contributed by atoms with E-state index in [1.807, 2.05) is 18.2 Å². The van der Waals surface area contributed by atoms with Crippen LogP contribution in [0, 0.1) is 13.8 Å². The first kappa shape index (κ1) is 14.7. The molecule has 1 atom stereocenters. The third-order valence-corrected chi connectivity index (χ3v) is 4.20. The van der Waals surface area contributed by atoms with Gasteiger partial charge in [0.15, 0.2) is 5.82 Å². The van der Waals surface area contributed by atoms with Crippen LogP contribution < -0.4 is 5.73 Å². The molecule has 0 radical (unpaired) electrons. The standard InChI is InChI=1S/C18H22N4/c1-4-14(19)11-22-17-10-13(3)12(2)9-16(17)21-18(22)15-7-5-6-8-20-15/h5-10,14H,4,11,19H2,1-3H3. The predicted molar refractivity (Wildman–Crippen MR) is 90.7 cm³/mol. The molecule has 0 aliphatic heterocycles. The van der Waals surface area contributed by atoms with Crippen LogP contribution in [0.2, 0.25) is 0 Å². The molecular formula is C18H22N4. The smallest absolute Gasteiger partial charge is 0.159 e. The van der Waals surface area contributed by atoms with Gasteiger partial charge >= 0.3 is 0 Å². The molecular weight excluding hydrogens is 272 g/mol. The van der Waals surface area contributed by atoms with Gasteiger partial charge in [-0.05, 0) is 55.7 Å². The number of pyridine rings is 1.